The van der Waals surface area contributed by atoms with Gasteiger partial charge in [-0.2, -0.15) is 0 Å². The monoisotopic (exact) mass is 893 g/mol. The molecule has 0 atom stereocenters. The molecule has 0 saturated heterocycles. The summed E-state index contributed by atoms with van der Waals surface area (Å²) >= 11 is 0. The molecule has 70 heavy (non-hydrogen) atoms. The van der Waals surface area contributed by atoms with Crippen LogP contribution in [-0.2, 0) is 0 Å². The maximum absolute atomic E-state index is 6.63. The molecule has 10 aromatic carbocycles. The van der Waals surface area contributed by atoms with Crippen molar-refractivity contribution in [2.45, 2.75) is 0 Å². The van der Waals surface area contributed by atoms with Gasteiger partial charge in [-0.1, -0.05) is 200 Å². The first-order valence-corrected chi connectivity index (χ1v) is 23.6. The lowest BCUT2D eigenvalue weighted by Gasteiger charge is -2.16. The van der Waals surface area contributed by atoms with Crippen molar-refractivity contribution in [3.8, 4) is 78.5 Å². The predicted octanol–water partition coefficient (Wildman–Crippen LogP) is 17.6. The number of para-hydroxylation sites is 4. The molecule has 326 valence electrons. The Kier molecular flexibility index (Phi) is 9.14. The molecule has 4 heterocycles. The van der Waals surface area contributed by atoms with E-state index < -0.39 is 0 Å². The first-order valence-electron chi connectivity index (χ1n) is 23.6. The smallest absolute Gasteiger partial charge is 0.160 e. The summed E-state index contributed by atoms with van der Waals surface area (Å²) in [6.07, 6.45) is 0. The van der Waals surface area contributed by atoms with E-state index in [1.54, 1.807) is 0 Å². The molecule has 0 saturated carbocycles. The molecule has 0 amide bonds. The van der Waals surface area contributed by atoms with Crippen LogP contribution in [0.4, 0.5) is 0 Å². The van der Waals surface area contributed by atoms with Crippen molar-refractivity contribution in [3.05, 3.63) is 237 Å². The largest absolute Gasteiger partial charge is 0.456 e. The van der Waals surface area contributed by atoms with E-state index in [4.69, 9.17) is 23.8 Å². The zero-order valence-electron chi connectivity index (χ0n) is 37.7. The van der Waals surface area contributed by atoms with Gasteiger partial charge in [0.1, 0.15) is 22.3 Å². The number of furan rings is 2. The molecular weight excluding hydrogens is 855 g/mol. The molecule has 0 aliphatic carbocycles. The number of aromatic nitrogens is 3. The van der Waals surface area contributed by atoms with Crippen molar-refractivity contribution in [1.29, 1.82) is 0 Å². The SMILES string of the molecule is c1ccc(-c2nc(-c3ccc(-c4cccc(-c5nc6ccccc6c6c(-c7ccccc7)c7c(cc56)oc5ccccc57)c4)cc3)cc(-c3ccc(-c4cccc5c4oc4ccccc45)cc3)n2)cc1. The van der Waals surface area contributed by atoms with Crippen molar-refractivity contribution in [2.24, 2.45) is 0 Å². The predicted molar refractivity (Wildman–Crippen MR) is 287 cm³/mol. The van der Waals surface area contributed by atoms with E-state index >= 15 is 0 Å². The fraction of sp³-hybridized carbons (Fsp3) is 0. The van der Waals surface area contributed by atoms with Gasteiger partial charge in [0.2, 0.25) is 0 Å². The molecule has 0 bridgehead atoms. The van der Waals surface area contributed by atoms with Crippen LogP contribution in [-0.4, -0.2) is 15.0 Å². The minimum absolute atomic E-state index is 0.673. The van der Waals surface area contributed by atoms with Crippen LogP contribution in [0.5, 0.6) is 0 Å². The quantitative estimate of drug-likeness (QED) is 0.149. The topological polar surface area (TPSA) is 65.0 Å². The molecule has 5 nitrogen and oxygen atoms in total. The summed E-state index contributed by atoms with van der Waals surface area (Å²) in [5.41, 5.74) is 17.6. The second-order valence-corrected chi connectivity index (χ2v) is 17.8. The third kappa shape index (κ3) is 6.59. The van der Waals surface area contributed by atoms with Crippen LogP contribution in [0.3, 0.4) is 0 Å². The minimum atomic E-state index is 0.673. The number of rotatable bonds is 7. The average Bonchev–Trinajstić information content (AvgIpc) is 4.01. The van der Waals surface area contributed by atoms with E-state index in [9.17, 15) is 0 Å². The lowest BCUT2D eigenvalue weighted by Crippen LogP contribution is -1.96. The average molecular weight is 894 g/mol. The van der Waals surface area contributed by atoms with E-state index in [1.807, 2.05) is 36.4 Å². The van der Waals surface area contributed by atoms with Gasteiger partial charge < -0.3 is 8.83 Å². The molecule has 14 rings (SSSR count). The molecule has 0 aliphatic rings. The first kappa shape index (κ1) is 39.7. The standard InChI is InChI=1S/C65H39N3O2/c1-3-15-44(16-4-1)60-61-51-22-7-10-26-54(51)66-63(53(61)38-59-62(60)52-23-9-12-28-58(52)69-59)47-20-13-19-46(37-47)40-29-33-42(34-30-40)55-39-56(68-65(67-55)45-17-5-2-6-18-45)43-35-31-41(32-36-43)48-24-14-25-50-49-21-8-11-27-57(49)70-64(48)50/h1-39H. The van der Waals surface area contributed by atoms with Gasteiger partial charge in [-0.25, -0.2) is 15.0 Å². The van der Waals surface area contributed by atoms with Crippen LogP contribution in [0, 0.1) is 0 Å². The first-order chi connectivity index (χ1) is 34.7. The highest BCUT2D eigenvalue weighted by Crippen LogP contribution is 2.47. The van der Waals surface area contributed by atoms with Crippen LogP contribution in [0.2, 0.25) is 0 Å². The van der Waals surface area contributed by atoms with E-state index in [-0.39, 0.29) is 0 Å². The molecule has 4 aromatic heterocycles. The molecular formula is C65H39N3O2. The van der Waals surface area contributed by atoms with Gasteiger partial charge in [-0.3, -0.25) is 0 Å². The van der Waals surface area contributed by atoms with Crippen LogP contribution in [0.1, 0.15) is 0 Å². The number of fused-ring (bicyclic) bond motifs is 9. The van der Waals surface area contributed by atoms with Gasteiger partial charge in [0.05, 0.1) is 22.6 Å². The fourth-order valence-electron chi connectivity index (χ4n) is 10.4. The third-order valence-corrected chi connectivity index (χ3v) is 13.7. The molecule has 0 unspecified atom stereocenters. The van der Waals surface area contributed by atoms with Gasteiger partial charge in [-0.15, -0.1) is 0 Å². The normalized spacial score (nSPS) is 11.7. The molecule has 0 radical (unpaired) electrons. The summed E-state index contributed by atoms with van der Waals surface area (Å²) in [4.78, 5) is 15.7. The summed E-state index contributed by atoms with van der Waals surface area (Å²) in [6, 6.07) is 82.6. The van der Waals surface area contributed by atoms with Crippen molar-refractivity contribution in [1.82, 2.24) is 15.0 Å². The Hall–Kier alpha value is -9.45. The Bertz CT molecular complexity index is 4330. The van der Waals surface area contributed by atoms with Gasteiger partial charge >= 0.3 is 0 Å². The minimum Gasteiger partial charge on any atom is -0.456 e. The Morgan fingerprint density at radius 1 is 0.286 bits per heavy atom. The van der Waals surface area contributed by atoms with Gasteiger partial charge in [0.25, 0.3) is 0 Å². The highest BCUT2D eigenvalue weighted by Gasteiger charge is 2.22. The van der Waals surface area contributed by atoms with Gasteiger partial charge in [0.15, 0.2) is 5.82 Å². The summed E-state index contributed by atoms with van der Waals surface area (Å²) in [6.45, 7) is 0. The molecule has 14 aromatic rings. The van der Waals surface area contributed by atoms with Crippen LogP contribution < -0.4 is 0 Å². The number of hydrogen-bond donors (Lipinski definition) is 0. The Labute approximate surface area is 402 Å². The molecule has 5 heteroatoms. The fourth-order valence-corrected chi connectivity index (χ4v) is 10.4. The zero-order chi connectivity index (χ0) is 46.1. The summed E-state index contributed by atoms with van der Waals surface area (Å²) in [7, 11) is 0. The summed E-state index contributed by atoms with van der Waals surface area (Å²) < 4.78 is 13.0. The third-order valence-electron chi connectivity index (χ3n) is 13.7. The lowest BCUT2D eigenvalue weighted by molar-refractivity contribution is 0.669. The second-order valence-electron chi connectivity index (χ2n) is 17.8. The number of hydrogen-bond acceptors (Lipinski definition) is 5. The Balaban J connectivity index is 0.853. The highest BCUT2D eigenvalue weighted by atomic mass is 16.3. The van der Waals surface area contributed by atoms with Crippen molar-refractivity contribution in [3.63, 3.8) is 0 Å². The van der Waals surface area contributed by atoms with Gasteiger partial charge in [-0.05, 0) is 58.7 Å². The van der Waals surface area contributed by atoms with Crippen molar-refractivity contribution < 1.29 is 8.83 Å². The van der Waals surface area contributed by atoms with Crippen molar-refractivity contribution in [2.75, 3.05) is 0 Å². The second kappa shape index (κ2) is 16.1. The maximum atomic E-state index is 6.63. The van der Waals surface area contributed by atoms with E-state index in [2.05, 4.69) is 200 Å². The van der Waals surface area contributed by atoms with Crippen molar-refractivity contribution >= 4 is 65.6 Å². The molecule has 0 aliphatic heterocycles. The number of pyridine rings is 1. The highest BCUT2D eigenvalue weighted by molar-refractivity contribution is 6.27. The Morgan fingerprint density at radius 3 is 1.59 bits per heavy atom. The molecule has 0 spiro atoms. The van der Waals surface area contributed by atoms with E-state index in [0.717, 1.165) is 138 Å². The summed E-state index contributed by atoms with van der Waals surface area (Å²) in [5, 5.41) is 7.76. The lowest BCUT2D eigenvalue weighted by atomic mass is 9.89. The van der Waals surface area contributed by atoms with Gasteiger partial charge in [0, 0.05) is 71.1 Å². The molecule has 0 fully saturated rings. The molecule has 0 N–H and O–H groups in total. The van der Waals surface area contributed by atoms with Crippen LogP contribution >= 0.6 is 0 Å². The number of benzene rings is 10. The van der Waals surface area contributed by atoms with E-state index in [1.165, 1.54) is 0 Å². The Morgan fingerprint density at radius 2 is 0.843 bits per heavy atom. The zero-order valence-corrected chi connectivity index (χ0v) is 37.7. The maximum Gasteiger partial charge on any atom is 0.160 e. The van der Waals surface area contributed by atoms with Crippen LogP contribution in [0.25, 0.3) is 144 Å². The van der Waals surface area contributed by atoms with E-state index in [0.29, 0.717) is 5.82 Å². The van der Waals surface area contributed by atoms with Crippen LogP contribution in [0.15, 0.2) is 245 Å². The summed E-state index contributed by atoms with van der Waals surface area (Å²) in [5.74, 6) is 0.673. The number of nitrogens with zero attached hydrogens (tertiary/aromatic N) is 3.